The van der Waals surface area contributed by atoms with E-state index in [9.17, 15) is 4.79 Å². The van der Waals surface area contributed by atoms with Gasteiger partial charge >= 0.3 is 0 Å². The van der Waals surface area contributed by atoms with Gasteiger partial charge in [-0.05, 0) is 37.1 Å². The van der Waals surface area contributed by atoms with Crippen molar-refractivity contribution in [2.45, 2.75) is 18.9 Å². The number of para-hydroxylation sites is 1. The van der Waals surface area contributed by atoms with Crippen LogP contribution >= 0.6 is 0 Å². The predicted octanol–water partition coefficient (Wildman–Crippen LogP) is 4.91. The van der Waals surface area contributed by atoms with Gasteiger partial charge in [-0.15, -0.1) is 0 Å². The number of hydrogen-bond acceptors (Lipinski definition) is 3. The Balaban J connectivity index is 1.59. The average Bonchev–Trinajstić information content (AvgIpc) is 3.48. The summed E-state index contributed by atoms with van der Waals surface area (Å²) in [5.41, 5.74) is 4.28. The van der Waals surface area contributed by atoms with Crippen LogP contribution in [0.3, 0.4) is 0 Å². The van der Waals surface area contributed by atoms with E-state index >= 15 is 0 Å². The molecule has 0 spiro atoms. The molecule has 1 unspecified atom stereocenters. The number of carbonyl (C=O) groups excluding carboxylic acids is 1. The molecule has 0 saturated carbocycles. The lowest BCUT2D eigenvalue weighted by Gasteiger charge is -2.24. The first-order chi connectivity index (χ1) is 14.8. The molecular formula is C25H22N4O. The van der Waals surface area contributed by atoms with E-state index in [0.717, 1.165) is 42.0 Å². The number of likely N-dealkylation sites (tertiary alicyclic amines) is 1. The molecule has 3 heterocycles. The highest BCUT2D eigenvalue weighted by Crippen LogP contribution is 2.34. The molecule has 5 heteroatoms. The van der Waals surface area contributed by atoms with E-state index in [1.807, 2.05) is 88.4 Å². The summed E-state index contributed by atoms with van der Waals surface area (Å²) < 4.78 is 1.86. The summed E-state index contributed by atoms with van der Waals surface area (Å²) in [7, 11) is 0. The van der Waals surface area contributed by atoms with Gasteiger partial charge in [0.1, 0.15) is 0 Å². The Morgan fingerprint density at radius 3 is 2.37 bits per heavy atom. The minimum atomic E-state index is 0.00222. The smallest absolute Gasteiger partial charge is 0.258 e. The van der Waals surface area contributed by atoms with Gasteiger partial charge in [-0.25, -0.2) is 4.68 Å². The molecule has 1 saturated heterocycles. The molecule has 0 bridgehead atoms. The normalized spacial score (nSPS) is 16.0. The van der Waals surface area contributed by atoms with Crippen molar-refractivity contribution in [2.75, 3.05) is 6.54 Å². The third kappa shape index (κ3) is 3.28. The Bertz CT molecular complexity index is 1140. The van der Waals surface area contributed by atoms with Crippen molar-refractivity contribution in [1.29, 1.82) is 0 Å². The molecule has 2 aromatic carbocycles. The molecule has 1 aliphatic heterocycles. The average molecular weight is 394 g/mol. The Hall–Kier alpha value is -3.73. The Morgan fingerprint density at radius 1 is 0.900 bits per heavy atom. The van der Waals surface area contributed by atoms with E-state index in [4.69, 9.17) is 0 Å². The largest absolute Gasteiger partial charge is 0.330 e. The fourth-order valence-electron chi connectivity index (χ4n) is 4.19. The molecule has 0 aliphatic carbocycles. The summed E-state index contributed by atoms with van der Waals surface area (Å²) >= 11 is 0. The SMILES string of the molecule is O=C(c1cnn(-c2ccccc2)c1-c1ccccc1)N1CCCC1c1ccccn1. The van der Waals surface area contributed by atoms with Crippen molar-refractivity contribution >= 4 is 5.91 Å². The van der Waals surface area contributed by atoms with Gasteiger partial charge in [0.05, 0.1) is 34.9 Å². The second-order valence-corrected chi connectivity index (χ2v) is 7.43. The number of aromatic nitrogens is 3. The molecule has 5 nitrogen and oxygen atoms in total. The summed E-state index contributed by atoms with van der Waals surface area (Å²) in [6.45, 7) is 0.727. The fourth-order valence-corrected chi connectivity index (χ4v) is 4.19. The first-order valence-corrected chi connectivity index (χ1v) is 10.2. The van der Waals surface area contributed by atoms with Crippen LogP contribution in [0.1, 0.15) is 34.9 Å². The standard InChI is InChI=1S/C25H22N4O/c30-25(28-17-9-15-23(28)22-14-7-8-16-26-22)21-18-27-29(20-12-5-2-6-13-20)24(21)19-10-3-1-4-11-19/h1-8,10-14,16,18,23H,9,15,17H2. The zero-order chi connectivity index (χ0) is 20.3. The molecule has 5 rings (SSSR count). The highest BCUT2D eigenvalue weighted by molar-refractivity contribution is 6.00. The van der Waals surface area contributed by atoms with Gasteiger partial charge in [0.15, 0.2) is 0 Å². The highest BCUT2D eigenvalue weighted by Gasteiger charge is 2.33. The summed E-state index contributed by atoms with van der Waals surface area (Å²) in [5.74, 6) is 0.00388. The molecule has 1 atom stereocenters. The zero-order valence-corrected chi connectivity index (χ0v) is 16.6. The maximum Gasteiger partial charge on any atom is 0.258 e. The van der Waals surface area contributed by atoms with Gasteiger partial charge in [0.2, 0.25) is 0 Å². The molecule has 0 N–H and O–H groups in total. The Morgan fingerprint density at radius 2 is 1.63 bits per heavy atom. The van der Waals surface area contributed by atoms with E-state index in [1.54, 1.807) is 12.4 Å². The van der Waals surface area contributed by atoms with E-state index in [2.05, 4.69) is 10.1 Å². The molecule has 1 fully saturated rings. The lowest BCUT2D eigenvalue weighted by Crippen LogP contribution is -2.31. The third-order valence-electron chi connectivity index (χ3n) is 5.59. The lowest BCUT2D eigenvalue weighted by atomic mass is 10.1. The molecule has 4 aromatic rings. The monoisotopic (exact) mass is 394 g/mol. The summed E-state index contributed by atoms with van der Waals surface area (Å²) in [5, 5.41) is 4.61. The summed E-state index contributed by atoms with van der Waals surface area (Å²) in [4.78, 5) is 20.2. The van der Waals surface area contributed by atoms with Crippen molar-refractivity contribution in [1.82, 2.24) is 19.7 Å². The minimum Gasteiger partial charge on any atom is -0.330 e. The maximum atomic E-state index is 13.7. The van der Waals surface area contributed by atoms with Crippen LogP contribution in [0.15, 0.2) is 91.3 Å². The second kappa shape index (κ2) is 7.95. The van der Waals surface area contributed by atoms with Crippen molar-refractivity contribution in [3.8, 4) is 16.9 Å². The minimum absolute atomic E-state index is 0.00222. The Labute approximate surface area is 175 Å². The van der Waals surface area contributed by atoms with Crippen LogP contribution in [-0.2, 0) is 0 Å². The van der Waals surface area contributed by atoms with Gasteiger partial charge in [0.25, 0.3) is 5.91 Å². The van der Waals surface area contributed by atoms with Gasteiger partial charge in [-0.2, -0.15) is 5.10 Å². The van der Waals surface area contributed by atoms with Crippen molar-refractivity contribution in [3.05, 3.63) is 103 Å². The fraction of sp³-hybridized carbons (Fsp3) is 0.160. The number of nitrogens with zero attached hydrogens (tertiary/aromatic N) is 4. The number of amides is 1. The van der Waals surface area contributed by atoms with E-state index < -0.39 is 0 Å². The topological polar surface area (TPSA) is 51.0 Å². The van der Waals surface area contributed by atoms with E-state index in [1.165, 1.54) is 0 Å². The predicted molar refractivity (Wildman–Crippen MR) is 116 cm³/mol. The molecule has 1 amide bonds. The first-order valence-electron chi connectivity index (χ1n) is 10.2. The highest BCUT2D eigenvalue weighted by atomic mass is 16.2. The number of rotatable bonds is 4. The molecule has 30 heavy (non-hydrogen) atoms. The van der Waals surface area contributed by atoms with Crippen LogP contribution in [0.5, 0.6) is 0 Å². The van der Waals surface area contributed by atoms with Crippen molar-refractivity contribution in [3.63, 3.8) is 0 Å². The summed E-state index contributed by atoms with van der Waals surface area (Å²) in [6.07, 6.45) is 5.39. The molecule has 0 radical (unpaired) electrons. The van der Waals surface area contributed by atoms with Crippen LogP contribution in [0.4, 0.5) is 0 Å². The third-order valence-corrected chi connectivity index (χ3v) is 5.59. The van der Waals surface area contributed by atoms with Crippen LogP contribution < -0.4 is 0 Å². The maximum absolute atomic E-state index is 13.7. The quantitative estimate of drug-likeness (QED) is 0.494. The molecule has 2 aromatic heterocycles. The number of carbonyl (C=O) groups is 1. The van der Waals surface area contributed by atoms with Gasteiger partial charge in [-0.1, -0.05) is 54.6 Å². The second-order valence-electron chi connectivity index (χ2n) is 7.43. The summed E-state index contributed by atoms with van der Waals surface area (Å²) in [6, 6.07) is 25.8. The number of hydrogen-bond donors (Lipinski definition) is 0. The first kappa shape index (κ1) is 18.3. The van der Waals surface area contributed by atoms with Crippen LogP contribution in [0.2, 0.25) is 0 Å². The van der Waals surface area contributed by atoms with Crippen LogP contribution in [0.25, 0.3) is 16.9 Å². The van der Waals surface area contributed by atoms with E-state index in [-0.39, 0.29) is 11.9 Å². The van der Waals surface area contributed by atoms with E-state index in [0.29, 0.717) is 5.56 Å². The van der Waals surface area contributed by atoms with Gasteiger partial charge in [-0.3, -0.25) is 9.78 Å². The molecule has 1 aliphatic rings. The number of pyridine rings is 1. The van der Waals surface area contributed by atoms with Crippen LogP contribution in [-0.4, -0.2) is 32.1 Å². The molecule has 148 valence electrons. The van der Waals surface area contributed by atoms with Crippen LogP contribution in [0, 0.1) is 0 Å². The van der Waals surface area contributed by atoms with Gasteiger partial charge in [0, 0.05) is 18.3 Å². The zero-order valence-electron chi connectivity index (χ0n) is 16.6. The lowest BCUT2D eigenvalue weighted by molar-refractivity contribution is 0.0733. The molecular weight excluding hydrogens is 372 g/mol. The Kier molecular flexibility index (Phi) is 4.85. The van der Waals surface area contributed by atoms with Crippen molar-refractivity contribution < 1.29 is 4.79 Å². The van der Waals surface area contributed by atoms with Crippen molar-refractivity contribution in [2.24, 2.45) is 0 Å². The van der Waals surface area contributed by atoms with Gasteiger partial charge < -0.3 is 4.90 Å². The number of benzene rings is 2.